The number of hydrogen-bond acceptors (Lipinski definition) is 4. The van der Waals surface area contributed by atoms with Gasteiger partial charge in [-0.05, 0) is 31.5 Å². The first-order chi connectivity index (χ1) is 10.9. The molecule has 1 N–H and O–H groups in total. The van der Waals surface area contributed by atoms with Crippen molar-refractivity contribution in [2.45, 2.75) is 25.8 Å². The highest BCUT2D eigenvalue weighted by atomic mass is 19.1. The number of hydrogen-bond donors (Lipinski definition) is 1. The molecule has 0 spiro atoms. The van der Waals surface area contributed by atoms with Gasteiger partial charge in [-0.15, -0.1) is 5.01 Å². The summed E-state index contributed by atoms with van der Waals surface area (Å²) >= 11 is 0. The molecule has 2 heterocycles. The molecule has 0 radical (unpaired) electrons. The Morgan fingerprint density at radius 2 is 2.22 bits per heavy atom. The Morgan fingerprint density at radius 1 is 1.43 bits per heavy atom. The van der Waals surface area contributed by atoms with E-state index in [9.17, 15) is 14.0 Å². The molecule has 3 rings (SSSR count). The van der Waals surface area contributed by atoms with E-state index in [-0.39, 0.29) is 0 Å². The Bertz CT molecular complexity index is 836. The van der Waals surface area contributed by atoms with Gasteiger partial charge in [0, 0.05) is 17.1 Å². The van der Waals surface area contributed by atoms with Crippen LogP contribution in [-0.4, -0.2) is 33.7 Å². The maximum atomic E-state index is 13.7. The number of fused-ring (bicyclic) bond motifs is 1. The van der Waals surface area contributed by atoms with E-state index in [0.29, 0.717) is 22.9 Å². The van der Waals surface area contributed by atoms with Gasteiger partial charge in [-0.1, -0.05) is 13.0 Å². The third-order valence-corrected chi connectivity index (χ3v) is 3.96. The van der Waals surface area contributed by atoms with Crippen molar-refractivity contribution in [1.29, 1.82) is 0 Å². The van der Waals surface area contributed by atoms with Crippen molar-refractivity contribution in [2.24, 2.45) is 5.10 Å². The third-order valence-electron chi connectivity index (χ3n) is 3.96. The van der Waals surface area contributed by atoms with E-state index in [1.165, 1.54) is 18.3 Å². The zero-order valence-electron chi connectivity index (χ0n) is 12.7. The molecule has 23 heavy (non-hydrogen) atoms. The minimum absolute atomic E-state index is 0.395. The topological polar surface area (TPSA) is 74.7 Å². The molecule has 1 aliphatic heterocycles. The number of hydrazone groups is 1. The zero-order valence-corrected chi connectivity index (χ0v) is 12.7. The lowest BCUT2D eigenvalue weighted by Crippen LogP contribution is -2.42. The average molecular weight is 314 g/mol. The van der Waals surface area contributed by atoms with Gasteiger partial charge in [0.2, 0.25) is 0 Å². The number of aromatic nitrogens is 1. The van der Waals surface area contributed by atoms with Gasteiger partial charge in [-0.25, -0.2) is 9.18 Å². The third kappa shape index (κ3) is 2.54. The smallest absolute Gasteiger partial charge is 0.322 e. The summed E-state index contributed by atoms with van der Waals surface area (Å²) in [5, 5.41) is 7.91. The van der Waals surface area contributed by atoms with Gasteiger partial charge in [0.15, 0.2) is 0 Å². The van der Waals surface area contributed by atoms with Gasteiger partial charge in [0.1, 0.15) is 11.4 Å². The second-order valence-electron chi connectivity index (χ2n) is 5.55. The van der Waals surface area contributed by atoms with E-state index >= 15 is 0 Å². The Hall–Kier alpha value is -2.83. The van der Waals surface area contributed by atoms with Gasteiger partial charge < -0.3 is 5.32 Å². The molecule has 0 saturated carbocycles. The van der Waals surface area contributed by atoms with Gasteiger partial charge in [0.25, 0.3) is 5.91 Å². The van der Waals surface area contributed by atoms with E-state index in [4.69, 9.17) is 0 Å². The van der Waals surface area contributed by atoms with Crippen molar-refractivity contribution in [1.82, 2.24) is 15.3 Å². The van der Waals surface area contributed by atoms with Gasteiger partial charge in [-0.3, -0.25) is 9.78 Å². The fourth-order valence-electron chi connectivity index (χ4n) is 2.41. The lowest BCUT2D eigenvalue weighted by molar-refractivity contribution is -0.130. The molecule has 2 aromatic rings. The predicted octanol–water partition coefficient (Wildman–Crippen LogP) is 2.43. The number of carbonyl (C=O) groups is 2. The second-order valence-corrected chi connectivity index (χ2v) is 5.55. The maximum absolute atomic E-state index is 13.7. The van der Waals surface area contributed by atoms with E-state index in [2.05, 4.69) is 15.4 Å². The van der Waals surface area contributed by atoms with Crippen molar-refractivity contribution in [2.75, 3.05) is 0 Å². The summed E-state index contributed by atoms with van der Waals surface area (Å²) < 4.78 is 13.7. The molecule has 118 valence electrons. The van der Waals surface area contributed by atoms with Crippen LogP contribution in [0.4, 0.5) is 9.18 Å². The lowest BCUT2D eigenvalue weighted by Gasteiger charge is -2.17. The Morgan fingerprint density at radius 3 is 2.91 bits per heavy atom. The Kier molecular flexibility index (Phi) is 3.55. The first-order valence-electron chi connectivity index (χ1n) is 7.19. The standard InChI is InChI=1S/C16H15FN4O2/c1-3-16(2)14(22)21(15(23)20-16)19-9-11-8-12(17)7-10-5-4-6-18-13(10)11/h4-9H,3H2,1-2H3,(H,20,23)/b19-9+. The highest BCUT2D eigenvalue weighted by Crippen LogP contribution is 2.22. The van der Waals surface area contributed by atoms with E-state index in [1.54, 1.807) is 32.2 Å². The molecule has 0 aliphatic carbocycles. The molecule has 1 aliphatic rings. The van der Waals surface area contributed by atoms with E-state index in [0.717, 1.165) is 5.01 Å². The molecule has 1 aromatic carbocycles. The van der Waals surface area contributed by atoms with Crippen LogP contribution in [-0.2, 0) is 4.79 Å². The quantitative estimate of drug-likeness (QED) is 0.698. The first-order valence-corrected chi connectivity index (χ1v) is 7.19. The fraction of sp³-hybridized carbons (Fsp3) is 0.250. The lowest BCUT2D eigenvalue weighted by atomic mass is 10.00. The highest BCUT2D eigenvalue weighted by molar-refractivity contribution is 6.07. The molecule has 6 nitrogen and oxygen atoms in total. The molecule has 1 aromatic heterocycles. The molecule has 7 heteroatoms. The number of nitrogens with zero attached hydrogens (tertiary/aromatic N) is 3. The normalized spacial score (nSPS) is 21.4. The van der Waals surface area contributed by atoms with Crippen LogP contribution in [0.1, 0.15) is 25.8 Å². The summed E-state index contributed by atoms with van der Waals surface area (Å²) in [4.78, 5) is 28.3. The SMILES string of the molecule is CCC1(C)NC(=O)N(/N=C/c2cc(F)cc3cccnc23)C1=O. The molecule has 1 saturated heterocycles. The van der Waals surface area contributed by atoms with Crippen molar-refractivity contribution in [3.05, 3.63) is 41.8 Å². The van der Waals surface area contributed by atoms with Crippen LogP contribution in [0.5, 0.6) is 0 Å². The average Bonchev–Trinajstić information content (AvgIpc) is 2.75. The van der Waals surface area contributed by atoms with Crippen molar-refractivity contribution in [3.8, 4) is 0 Å². The largest absolute Gasteiger partial charge is 0.346 e. The molecule has 3 amide bonds. The van der Waals surface area contributed by atoms with Crippen LogP contribution in [0.15, 0.2) is 35.6 Å². The summed E-state index contributed by atoms with van der Waals surface area (Å²) in [6, 6.07) is 5.46. The van der Waals surface area contributed by atoms with Crippen molar-refractivity contribution < 1.29 is 14.0 Å². The molecule has 1 atom stereocenters. The number of pyridine rings is 1. The molecule has 0 bridgehead atoms. The molecule has 1 unspecified atom stereocenters. The number of rotatable bonds is 3. The number of nitrogens with one attached hydrogen (secondary N) is 1. The summed E-state index contributed by atoms with van der Waals surface area (Å²) in [6.45, 7) is 3.44. The van der Waals surface area contributed by atoms with Gasteiger partial charge >= 0.3 is 6.03 Å². The zero-order chi connectivity index (χ0) is 16.6. The monoisotopic (exact) mass is 314 g/mol. The summed E-state index contributed by atoms with van der Waals surface area (Å²) in [5.41, 5.74) is -0.0225. The molecule has 1 fully saturated rings. The van der Waals surface area contributed by atoms with Crippen LogP contribution in [0, 0.1) is 5.82 Å². The molecular weight excluding hydrogens is 299 g/mol. The number of urea groups is 1. The van der Waals surface area contributed by atoms with Gasteiger partial charge in [0.05, 0.1) is 11.7 Å². The highest BCUT2D eigenvalue weighted by Gasteiger charge is 2.46. The maximum Gasteiger partial charge on any atom is 0.346 e. The fourth-order valence-corrected chi connectivity index (χ4v) is 2.41. The second kappa shape index (κ2) is 5.42. The van der Waals surface area contributed by atoms with Crippen LogP contribution >= 0.6 is 0 Å². The van der Waals surface area contributed by atoms with E-state index in [1.807, 2.05) is 0 Å². The predicted molar refractivity (Wildman–Crippen MR) is 83.4 cm³/mol. The summed E-state index contributed by atoms with van der Waals surface area (Å²) in [5.74, 6) is -0.877. The summed E-state index contributed by atoms with van der Waals surface area (Å²) in [7, 11) is 0. The Balaban J connectivity index is 1.98. The number of halogens is 1. The van der Waals surface area contributed by atoms with Crippen LogP contribution in [0.2, 0.25) is 0 Å². The number of carbonyl (C=O) groups excluding carboxylic acids is 2. The number of benzene rings is 1. The number of imide groups is 1. The summed E-state index contributed by atoms with van der Waals surface area (Å²) in [6.07, 6.45) is 3.31. The minimum Gasteiger partial charge on any atom is -0.322 e. The van der Waals surface area contributed by atoms with Gasteiger partial charge in [-0.2, -0.15) is 5.10 Å². The minimum atomic E-state index is -0.962. The van der Waals surface area contributed by atoms with Crippen molar-refractivity contribution >= 4 is 29.1 Å². The van der Waals surface area contributed by atoms with Crippen LogP contribution in [0.25, 0.3) is 10.9 Å². The number of amides is 3. The van der Waals surface area contributed by atoms with E-state index < -0.39 is 23.3 Å². The first kappa shape index (κ1) is 15.1. The molecular formula is C16H15FN4O2. The van der Waals surface area contributed by atoms with Crippen molar-refractivity contribution in [3.63, 3.8) is 0 Å². The van der Waals surface area contributed by atoms with Crippen LogP contribution < -0.4 is 5.32 Å². The Labute approximate surface area is 132 Å². The van der Waals surface area contributed by atoms with Crippen LogP contribution in [0.3, 0.4) is 0 Å².